The first kappa shape index (κ1) is 10.7. The van der Waals surface area contributed by atoms with Crippen molar-refractivity contribution in [3.05, 3.63) is 0 Å². The molecule has 0 radical (unpaired) electrons. The second-order valence-corrected chi connectivity index (χ2v) is 1.18. The topological polar surface area (TPSA) is 89.3 Å². The van der Waals surface area contributed by atoms with Gasteiger partial charge < -0.3 is 16.6 Å². The fourth-order valence-corrected chi connectivity index (χ4v) is 0.101. The third-order valence-electron chi connectivity index (χ3n) is 0.571. The van der Waals surface area contributed by atoms with Crippen LogP contribution in [0.3, 0.4) is 0 Å². The molecule has 0 aliphatic heterocycles. The van der Waals surface area contributed by atoms with E-state index in [-0.39, 0.29) is 20.0 Å². The number of rotatable bonds is 2. The Labute approximate surface area is 54.3 Å². The second kappa shape index (κ2) is 4.89. The molecule has 0 aliphatic carbocycles. The summed E-state index contributed by atoms with van der Waals surface area (Å²) < 4.78 is 0. The molecule has 0 heterocycles. The number of hydrogen-bond donors (Lipinski definition) is 3. The minimum atomic E-state index is -1.05. The molecule has 0 saturated carbocycles. The van der Waals surface area contributed by atoms with E-state index in [0.29, 0.717) is 0 Å². The predicted molar refractivity (Wildman–Crippen MR) is 35.0 cm³/mol. The molecule has 8 heavy (non-hydrogen) atoms. The van der Waals surface area contributed by atoms with Crippen LogP contribution in [0.25, 0.3) is 0 Å². The standard InChI is InChI=1S/C3H8N2O2.H2S/c4-1-2(5)3(6)7;/h2H,1,4-5H2,(H,6,7);1H2/t2-;/m0./s1. The van der Waals surface area contributed by atoms with E-state index in [9.17, 15) is 4.79 Å². The first-order valence-corrected chi connectivity index (χ1v) is 1.87. The Balaban J connectivity index is 0. The molecular formula is C3H10N2O2S. The van der Waals surface area contributed by atoms with E-state index in [1.54, 1.807) is 0 Å². The van der Waals surface area contributed by atoms with Crippen LogP contribution < -0.4 is 11.5 Å². The molecular weight excluding hydrogens is 128 g/mol. The molecule has 5 heteroatoms. The van der Waals surface area contributed by atoms with Crippen molar-refractivity contribution in [2.75, 3.05) is 6.54 Å². The summed E-state index contributed by atoms with van der Waals surface area (Å²) >= 11 is 0. The van der Waals surface area contributed by atoms with Crippen LogP contribution in [0.15, 0.2) is 0 Å². The Morgan fingerprint density at radius 3 is 2.12 bits per heavy atom. The monoisotopic (exact) mass is 138 g/mol. The van der Waals surface area contributed by atoms with Crippen molar-refractivity contribution in [1.82, 2.24) is 0 Å². The van der Waals surface area contributed by atoms with Gasteiger partial charge in [-0.2, -0.15) is 13.5 Å². The van der Waals surface area contributed by atoms with Crippen LogP contribution in [-0.4, -0.2) is 23.7 Å². The van der Waals surface area contributed by atoms with Gasteiger partial charge in [0.25, 0.3) is 0 Å². The summed E-state index contributed by atoms with van der Waals surface area (Å²) in [4.78, 5) is 9.73. The third kappa shape index (κ3) is 3.91. The van der Waals surface area contributed by atoms with Crippen molar-refractivity contribution in [2.45, 2.75) is 6.04 Å². The number of carboxylic acid groups (broad SMARTS) is 1. The lowest BCUT2D eigenvalue weighted by molar-refractivity contribution is -0.138. The lowest BCUT2D eigenvalue weighted by atomic mass is 10.3. The molecule has 0 bridgehead atoms. The summed E-state index contributed by atoms with van der Waals surface area (Å²) in [5.74, 6) is -1.05. The van der Waals surface area contributed by atoms with E-state index in [1.165, 1.54) is 0 Å². The van der Waals surface area contributed by atoms with E-state index in [1.807, 2.05) is 0 Å². The fraction of sp³-hybridized carbons (Fsp3) is 0.667. The highest BCUT2D eigenvalue weighted by Crippen LogP contribution is 1.68. The lowest BCUT2D eigenvalue weighted by Gasteiger charge is -1.97. The quantitative estimate of drug-likeness (QED) is 0.432. The molecule has 0 aliphatic rings. The number of nitrogens with two attached hydrogens (primary N) is 2. The molecule has 0 aromatic heterocycles. The predicted octanol–water partition coefficient (Wildman–Crippen LogP) is -1.53. The molecule has 0 unspecified atom stereocenters. The van der Waals surface area contributed by atoms with Crippen LogP contribution in [-0.2, 0) is 4.79 Å². The van der Waals surface area contributed by atoms with Crippen molar-refractivity contribution < 1.29 is 9.90 Å². The fourth-order valence-electron chi connectivity index (χ4n) is 0.101. The zero-order valence-corrected chi connectivity index (χ0v) is 5.29. The van der Waals surface area contributed by atoms with Crippen LogP contribution in [0.4, 0.5) is 0 Å². The van der Waals surface area contributed by atoms with E-state index < -0.39 is 12.0 Å². The van der Waals surface area contributed by atoms with Crippen LogP contribution in [0, 0.1) is 0 Å². The Morgan fingerprint density at radius 1 is 1.75 bits per heavy atom. The van der Waals surface area contributed by atoms with E-state index in [4.69, 9.17) is 16.6 Å². The van der Waals surface area contributed by atoms with Gasteiger partial charge in [-0.05, 0) is 0 Å². The van der Waals surface area contributed by atoms with Crippen molar-refractivity contribution in [3.63, 3.8) is 0 Å². The van der Waals surface area contributed by atoms with Crippen molar-refractivity contribution in [2.24, 2.45) is 11.5 Å². The van der Waals surface area contributed by atoms with E-state index in [2.05, 4.69) is 0 Å². The van der Waals surface area contributed by atoms with Crippen molar-refractivity contribution in [1.29, 1.82) is 0 Å². The van der Waals surface area contributed by atoms with Gasteiger partial charge in [0.1, 0.15) is 6.04 Å². The highest BCUT2D eigenvalue weighted by atomic mass is 32.1. The maximum absolute atomic E-state index is 9.73. The number of carboxylic acids is 1. The maximum atomic E-state index is 9.73. The number of hydrogen-bond acceptors (Lipinski definition) is 3. The summed E-state index contributed by atoms with van der Waals surface area (Å²) in [6.45, 7) is -0.00463. The van der Waals surface area contributed by atoms with Gasteiger partial charge in [-0.15, -0.1) is 0 Å². The summed E-state index contributed by atoms with van der Waals surface area (Å²) in [7, 11) is 0. The van der Waals surface area contributed by atoms with Gasteiger partial charge in [0.05, 0.1) is 0 Å². The van der Waals surface area contributed by atoms with Gasteiger partial charge in [0.15, 0.2) is 0 Å². The number of carbonyl (C=O) groups is 1. The Morgan fingerprint density at radius 2 is 2.12 bits per heavy atom. The Bertz CT molecular complexity index is 77.7. The molecule has 5 N–H and O–H groups in total. The summed E-state index contributed by atoms with van der Waals surface area (Å²) in [5, 5.41) is 7.98. The van der Waals surface area contributed by atoms with Crippen LogP contribution in [0.2, 0.25) is 0 Å². The normalized spacial score (nSPS) is 11.8. The van der Waals surface area contributed by atoms with Crippen LogP contribution in [0.1, 0.15) is 0 Å². The summed E-state index contributed by atoms with van der Waals surface area (Å²) in [6, 6.07) is -0.903. The number of aliphatic carboxylic acids is 1. The molecule has 0 amide bonds. The second-order valence-electron chi connectivity index (χ2n) is 1.18. The minimum Gasteiger partial charge on any atom is -0.480 e. The van der Waals surface area contributed by atoms with Gasteiger partial charge >= 0.3 is 5.97 Å². The van der Waals surface area contributed by atoms with E-state index >= 15 is 0 Å². The van der Waals surface area contributed by atoms with Crippen molar-refractivity contribution >= 4 is 19.5 Å². The smallest absolute Gasteiger partial charge is 0.321 e. The molecule has 0 spiro atoms. The average Bonchev–Trinajstić information content (AvgIpc) is 1.65. The highest BCUT2D eigenvalue weighted by Gasteiger charge is 2.05. The van der Waals surface area contributed by atoms with Crippen LogP contribution in [0.5, 0.6) is 0 Å². The first-order valence-electron chi connectivity index (χ1n) is 1.87. The minimum absolute atomic E-state index is 0. The molecule has 0 fully saturated rings. The van der Waals surface area contributed by atoms with Gasteiger partial charge in [-0.3, -0.25) is 4.79 Å². The molecule has 4 nitrogen and oxygen atoms in total. The maximum Gasteiger partial charge on any atom is 0.321 e. The zero-order chi connectivity index (χ0) is 5.86. The van der Waals surface area contributed by atoms with Gasteiger partial charge in [0.2, 0.25) is 0 Å². The molecule has 0 saturated heterocycles. The lowest BCUT2D eigenvalue weighted by Crippen LogP contribution is -2.37. The molecule has 0 aromatic rings. The van der Waals surface area contributed by atoms with Gasteiger partial charge in [-0.25, -0.2) is 0 Å². The molecule has 1 atom stereocenters. The van der Waals surface area contributed by atoms with Crippen LogP contribution >= 0.6 is 13.5 Å². The zero-order valence-electron chi connectivity index (χ0n) is 4.29. The van der Waals surface area contributed by atoms with Gasteiger partial charge in [0, 0.05) is 6.54 Å². The molecule has 0 rings (SSSR count). The highest BCUT2D eigenvalue weighted by molar-refractivity contribution is 7.59. The van der Waals surface area contributed by atoms with E-state index in [0.717, 1.165) is 0 Å². The Hall–Kier alpha value is -0.260. The van der Waals surface area contributed by atoms with Crippen molar-refractivity contribution in [3.8, 4) is 0 Å². The summed E-state index contributed by atoms with van der Waals surface area (Å²) in [5.41, 5.74) is 9.76. The SMILES string of the molecule is NC[C@H](N)C(=O)O.S. The first-order chi connectivity index (χ1) is 3.18. The molecule has 50 valence electrons. The molecule has 0 aromatic carbocycles. The summed E-state index contributed by atoms with van der Waals surface area (Å²) in [6.07, 6.45) is 0. The third-order valence-corrected chi connectivity index (χ3v) is 0.571. The Kier molecular flexibility index (Phi) is 6.52. The largest absolute Gasteiger partial charge is 0.480 e. The average molecular weight is 138 g/mol. The van der Waals surface area contributed by atoms with Gasteiger partial charge in [-0.1, -0.05) is 0 Å².